The number of hydrogen-bond donors (Lipinski definition) is 0. The second-order valence-electron chi connectivity index (χ2n) is 8.65. The summed E-state index contributed by atoms with van der Waals surface area (Å²) < 4.78 is 7.64. The van der Waals surface area contributed by atoms with E-state index in [-0.39, 0.29) is 5.41 Å². The molecule has 148 valence electrons. The number of rotatable bonds is 0. The lowest BCUT2D eigenvalue weighted by Crippen LogP contribution is -2.37. The Labute approximate surface area is 189 Å². The smallest absolute Gasteiger partial charge is 0.132 e. The van der Waals surface area contributed by atoms with Gasteiger partial charge in [0.05, 0.1) is 5.41 Å². The van der Waals surface area contributed by atoms with E-state index in [9.17, 15) is 0 Å². The molecule has 3 aliphatic rings. The van der Waals surface area contributed by atoms with Crippen molar-refractivity contribution in [2.75, 3.05) is 0 Å². The molecule has 31 heavy (non-hydrogen) atoms. The molecule has 1 heterocycles. The Hall–Kier alpha value is -3.10. The molecular weight excluding hydrogens is 444 g/mol. The zero-order valence-corrected chi connectivity index (χ0v) is 18.3. The van der Waals surface area contributed by atoms with E-state index in [0.29, 0.717) is 11.8 Å². The summed E-state index contributed by atoms with van der Waals surface area (Å²) in [6.07, 6.45) is 9.17. The summed E-state index contributed by atoms with van der Waals surface area (Å²) in [5.41, 5.74) is 5.01. The van der Waals surface area contributed by atoms with Crippen LogP contribution in [-0.4, -0.2) is 0 Å². The second-order valence-corrected chi connectivity index (χ2v) is 9.57. The largest absolute Gasteiger partial charge is 0.457 e. The summed E-state index contributed by atoms with van der Waals surface area (Å²) >= 11 is 3.74. The maximum atomic E-state index is 6.56. The summed E-state index contributed by atoms with van der Waals surface area (Å²) in [5, 5.41) is 2.46. The van der Waals surface area contributed by atoms with Gasteiger partial charge >= 0.3 is 0 Å². The number of hydrogen-bond acceptors (Lipinski definition) is 1. The van der Waals surface area contributed by atoms with Crippen molar-refractivity contribution < 1.29 is 4.74 Å². The molecule has 2 aliphatic carbocycles. The summed E-state index contributed by atoms with van der Waals surface area (Å²) in [5.74, 6) is 2.56. The van der Waals surface area contributed by atoms with E-state index < -0.39 is 0 Å². The summed E-state index contributed by atoms with van der Waals surface area (Å²) in [6, 6.07) is 28.6. The number of allylic oxidation sites excluding steroid dienone is 4. The lowest BCUT2D eigenvalue weighted by molar-refractivity contribution is 0.374. The molecule has 4 aromatic carbocycles. The molecule has 2 heteroatoms. The van der Waals surface area contributed by atoms with E-state index >= 15 is 0 Å². The highest BCUT2D eigenvalue weighted by Gasteiger charge is 2.56. The maximum Gasteiger partial charge on any atom is 0.132 e. The lowest BCUT2D eigenvalue weighted by Gasteiger charge is -2.43. The molecular formula is C29H19BrO. The molecule has 0 amide bonds. The van der Waals surface area contributed by atoms with Crippen LogP contribution in [0.15, 0.2) is 108 Å². The third-order valence-corrected chi connectivity index (χ3v) is 7.73. The molecule has 7 rings (SSSR count). The minimum atomic E-state index is -0.292. The van der Waals surface area contributed by atoms with Gasteiger partial charge in [0.25, 0.3) is 0 Å². The van der Waals surface area contributed by atoms with Crippen LogP contribution in [-0.2, 0) is 5.41 Å². The van der Waals surface area contributed by atoms with Crippen molar-refractivity contribution in [2.45, 2.75) is 11.3 Å². The van der Waals surface area contributed by atoms with Crippen LogP contribution in [0, 0.1) is 5.92 Å². The van der Waals surface area contributed by atoms with Gasteiger partial charge in [0.15, 0.2) is 0 Å². The van der Waals surface area contributed by atoms with Crippen molar-refractivity contribution in [3.05, 3.63) is 130 Å². The summed E-state index contributed by atoms with van der Waals surface area (Å²) in [7, 11) is 0. The van der Waals surface area contributed by atoms with Gasteiger partial charge in [-0.3, -0.25) is 0 Å². The fraction of sp³-hybridized carbons (Fsp3) is 0.103. The highest BCUT2D eigenvalue weighted by atomic mass is 79.9. The SMILES string of the molecule is Brc1ccc2c(c1)C1(c3cc4ccccc4cc3O2)c2ccccc2C2C=CC=CC21. The van der Waals surface area contributed by atoms with Crippen LogP contribution in [0.1, 0.15) is 28.2 Å². The first-order valence-corrected chi connectivity index (χ1v) is 11.5. The average molecular weight is 463 g/mol. The Morgan fingerprint density at radius 3 is 2.32 bits per heavy atom. The average Bonchev–Trinajstić information content (AvgIpc) is 3.10. The molecule has 0 bridgehead atoms. The zero-order chi connectivity index (χ0) is 20.6. The molecule has 3 unspecified atom stereocenters. The Bertz CT molecular complexity index is 1450. The second kappa shape index (κ2) is 6.21. The number of ether oxygens (including phenoxy) is 1. The van der Waals surface area contributed by atoms with E-state index in [1.807, 2.05) is 0 Å². The van der Waals surface area contributed by atoms with Crippen molar-refractivity contribution in [3.63, 3.8) is 0 Å². The van der Waals surface area contributed by atoms with Gasteiger partial charge in [0, 0.05) is 27.4 Å². The van der Waals surface area contributed by atoms with Gasteiger partial charge < -0.3 is 4.74 Å². The van der Waals surface area contributed by atoms with Crippen LogP contribution in [0.2, 0.25) is 0 Å². The quantitative estimate of drug-likeness (QED) is 0.258. The molecule has 4 aromatic rings. The standard InChI is InChI=1S/C29H19BrO/c30-20-13-14-27-26(17-20)29(25-15-18-7-1-2-8-19(18)16-28(25)31-27)23-11-5-3-9-21(23)22-10-4-6-12-24(22)29/h1-17,21,23H. The van der Waals surface area contributed by atoms with Crippen LogP contribution in [0.4, 0.5) is 0 Å². The van der Waals surface area contributed by atoms with Crippen molar-refractivity contribution in [3.8, 4) is 11.5 Å². The van der Waals surface area contributed by atoms with E-state index in [0.717, 1.165) is 16.0 Å². The maximum absolute atomic E-state index is 6.56. The van der Waals surface area contributed by atoms with E-state index in [2.05, 4.69) is 119 Å². The summed E-state index contributed by atoms with van der Waals surface area (Å²) in [6.45, 7) is 0. The van der Waals surface area contributed by atoms with Crippen LogP contribution in [0.5, 0.6) is 11.5 Å². The number of fused-ring (bicyclic) bond motifs is 10. The Kier molecular flexibility index (Phi) is 3.52. The van der Waals surface area contributed by atoms with Crippen LogP contribution in [0.25, 0.3) is 10.8 Å². The third kappa shape index (κ3) is 2.21. The monoisotopic (exact) mass is 462 g/mol. The molecule has 0 saturated carbocycles. The molecule has 3 atom stereocenters. The predicted molar refractivity (Wildman–Crippen MR) is 129 cm³/mol. The van der Waals surface area contributed by atoms with Gasteiger partial charge in [-0.15, -0.1) is 0 Å². The van der Waals surface area contributed by atoms with Crippen molar-refractivity contribution in [2.24, 2.45) is 5.92 Å². The highest BCUT2D eigenvalue weighted by Crippen LogP contribution is 2.65. The number of halogens is 1. The molecule has 0 aromatic heterocycles. The van der Waals surface area contributed by atoms with Crippen molar-refractivity contribution in [1.29, 1.82) is 0 Å². The topological polar surface area (TPSA) is 9.23 Å². The van der Waals surface area contributed by atoms with Gasteiger partial charge in [-0.1, -0.05) is 88.8 Å². The fourth-order valence-electron chi connectivity index (χ4n) is 6.07. The normalized spacial score (nSPS) is 24.4. The van der Waals surface area contributed by atoms with Crippen molar-refractivity contribution >= 4 is 26.7 Å². The minimum absolute atomic E-state index is 0.292. The van der Waals surface area contributed by atoms with Gasteiger partial charge in [-0.25, -0.2) is 0 Å². The van der Waals surface area contributed by atoms with Crippen LogP contribution < -0.4 is 4.74 Å². The first-order valence-electron chi connectivity index (χ1n) is 10.7. The molecule has 1 spiro atoms. The Morgan fingerprint density at radius 2 is 1.42 bits per heavy atom. The fourth-order valence-corrected chi connectivity index (χ4v) is 6.43. The van der Waals surface area contributed by atoms with Gasteiger partial charge in [-0.05, 0) is 52.2 Å². The first kappa shape index (κ1) is 17.6. The van der Waals surface area contributed by atoms with E-state index in [1.165, 1.54) is 33.0 Å². The number of benzene rings is 4. The van der Waals surface area contributed by atoms with Crippen LogP contribution in [0.3, 0.4) is 0 Å². The predicted octanol–water partition coefficient (Wildman–Crippen LogP) is 7.88. The van der Waals surface area contributed by atoms with Gasteiger partial charge in [-0.2, -0.15) is 0 Å². The van der Waals surface area contributed by atoms with E-state index in [1.54, 1.807) is 0 Å². The zero-order valence-electron chi connectivity index (χ0n) is 16.8. The highest BCUT2D eigenvalue weighted by molar-refractivity contribution is 9.10. The molecule has 1 aliphatic heterocycles. The minimum Gasteiger partial charge on any atom is -0.457 e. The molecule has 0 fully saturated rings. The Morgan fingerprint density at radius 1 is 0.677 bits per heavy atom. The van der Waals surface area contributed by atoms with Gasteiger partial charge in [0.2, 0.25) is 0 Å². The Balaban J connectivity index is 1.67. The molecule has 0 N–H and O–H groups in total. The molecule has 0 saturated heterocycles. The molecule has 0 radical (unpaired) electrons. The van der Waals surface area contributed by atoms with E-state index in [4.69, 9.17) is 4.74 Å². The summed E-state index contributed by atoms with van der Waals surface area (Å²) in [4.78, 5) is 0. The lowest BCUT2D eigenvalue weighted by atomic mass is 9.61. The van der Waals surface area contributed by atoms with Crippen LogP contribution >= 0.6 is 15.9 Å². The van der Waals surface area contributed by atoms with Gasteiger partial charge in [0.1, 0.15) is 11.5 Å². The third-order valence-electron chi connectivity index (χ3n) is 7.24. The van der Waals surface area contributed by atoms with Crippen molar-refractivity contribution in [1.82, 2.24) is 0 Å². The first-order chi connectivity index (χ1) is 15.3. The molecule has 1 nitrogen and oxygen atoms in total.